The Morgan fingerprint density at radius 2 is 2.00 bits per heavy atom. The van der Waals surface area contributed by atoms with E-state index in [1.54, 1.807) is 11.3 Å². The van der Waals surface area contributed by atoms with Crippen LogP contribution in [0.1, 0.15) is 10.4 Å². The minimum absolute atomic E-state index is 0.641. The Hall–Kier alpha value is -0.710. The molecule has 2 rings (SSSR count). The topological polar surface area (TPSA) is 38.9 Å². The predicted molar refractivity (Wildman–Crippen MR) is 73.0 cm³/mol. The standard InChI is InChI=1S/C11H11ClN2S2/c12-9-3-1-8(2-4-9)6-15-7-10-5-14-11(13)16-10/h1-5H,6-7H2,(H2,13,14). The normalized spacial score (nSPS) is 10.6. The molecule has 0 aliphatic heterocycles. The molecule has 0 unspecified atom stereocenters. The van der Waals surface area contributed by atoms with Gasteiger partial charge in [0.05, 0.1) is 0 Å². The van der Waals surface area contributed by atoms with Crippen LogP contribution in [0.25, 0.3) is 0 Å². The summed E-state index contributed by atoms with van der Waals surface area (Å²) in [7, 11) is 0. The van der Waals surface area contributed by atoms with Crippen molar-refractivity contribution in [1.82, 2.24) is 4.98 Å². The molecule has 0 atom stereocenters. The van der Waals surface area contributed by atoms with Crippen LogP contribution in [-0.2, 0) is 11.5 Å². The van der Waals surface area contributed by atoms with Crippen LogP contribution >= 0.6 is 34.7 Å². The maximum absolute atomic E-state index is 5.82. The number of anilines is 1. The van der Waals surface area contributed by atoms with Crippen molar-refractivity contribution in [3.8, 4) is 0 Å². The second-order valence-corrected chi connectivity index (χ2v) is 5.85. The maximum Gasteiger partial charge on any atom is 0.180 e. The summed E-state index contributed by atoms with van der Waals surface area (Å²) < 4.78 is 0. The molecule has 2 nitrogen and oxygen atoms in total. The third-order valence-electron chi connectivity index (χ3n) is 2.00. The van der Waals surface area contributed by atoms with Gasteiger partial charge >= 0.3 is 0 Å². The minimum Gasteiger partial charge on any atom is -0.375 e. The zero-order chi connectivity index (χ0) is 11.4. The minimum atomic E-state index is 0.641. The highest BCUT2D eigenvalue weighted by atomic mass is 35.5. The van der Waals surface area contributed by atoms with E-state index in [4.69, 9.17) is 17.3 Å². The van der Waals surface area contributed by atoms with Crippen LogP contribution < -0.4 is 5.73 Å². The molecule has 0 spiro atoms. The van der Waals surface area contributed by atoms with Crippen molar-refractivity contribution in [2.75, 3.05) is 5.73 Å². The molecule has 0 amide bonds. The number of nitrogens with two attached hydrogens (primary N) is 1. The van der Waals surface area contributed by atoms with Crippen molar-refractivity contribution in [3.63, 3.8) is 0 Å². The zero-order valence-corrected chi connectivity index (χ0v) is 10.9. The van der Waals surface area contributed by atoms with Crippen molar-refractivity contribution in [1.29, 1.82) is 0 Å². The number of nitrogens with zero attached hydrogens (tertiary/aromatic N) is 1. The number of aromatic nitrogens is 1. The van der Waals surface area contributed by atoms with E-state index >= 15 is 0 Å². The summed E-state index contributed by atoms with van der Waals surface area (Å²) >= 11 is 9.22. The summed E-state index contributed by atoms with van der Waals surface area (Å²) in [5, 5.41) is 1.42. The van der Waals surface area contributed by atoms with Gasteiger partial charge in [-0.25, -0.2) is 4.98 Å². The summed E-state index contributed by atoms with van der Waals surface area (Å²) in [5.41, 5.74) is 6.85. The summed E-state index contributed by atoms with van der Waals surface area (Å²) in [4.78, 5) is 5.24. The first-order valence-electron chi connectivity index (χ1n) is 4.76. The Bertz CT molecular complexity index is 453. The fraction of sp³-hybridized carbons (Fsp3) is 0.182. The summed E-state index contributed by atoms with van der Waals surface area (Å²) in [6.07, 6.45) is 1.84. The van der Waals surface area contributed by atoms with Crippen LogP contribution in [0.15, 0.2) is 30.5 Å². The van der Waals surface area contributed by atoms with E-state index in [0.29, 0.717) is 5.13 Å². The molecule has 0 aliphatic carbocycles. The third-order valence-corrected chi connectivity index (χ3v) is 4.31. The fourth-order valence-corrected chi connectivity index (χ4v) is 3.14. The number of thiazole rings is 1. The van der Waals surface area contributed by atoms with Crippen LogP contribution in [-0.4, -0.2) is 4.98 Å². The van der Waals surface area contributed by atoms with Crippen LogP contribution in [0.5, 0.6) is 0 Å². The monoisotopic (exact) mass is 270 g/mol. The number of halogens is 1. The third kappa shape index (κ3) is 3.40. The molecule has 2 aromatic rings. The van der Waals surface area contributed by atoms with Crippen molar-refractivity contribution in [2.45, 2.75) is 11.5 Å². The Labute approximate surface area is 108 Å². The fourth-order valence-electron chi connectivity index (χ4n) is 1.24. The van der Waals surface area contributed by atoms with Gasteiger partial charge in [0, 0.05) is 27.6 Å². The number of hydrogen-bond donors (Lipinski definition) is 1. The van der Waals surface area contributed by atoms with Crippen molar-refractivity contribution < 1.29 is 0 Å². The van der Waals surface area contributed by atoms with Gasteiger partial charge in [-0.15, -0.1) is 11.3 Å². The van der Waals surface area contributed by atoms with E-state index in [1.165, 1.54) is 10.4 Å². The summed E-state index contributed by atoms with van der Waals surface area (Å²) in [6.45, 7) is 0. The lowest BCUT2D eigenvalue weighted by atomic mass is 10.2. The van der Waals surface area contributed by atoms with Crippen LogP contribution in [0.3, 0.4) is 0 Å². The molecule has 0 saturated heterocycles. The van der Waals surface area contributed by atoms with Gasteiger partial charge in [0.2, 0.25) is 0 Å². The van der Waals surface area contributed by atoms with Gasteiger partial charge in [-0.3, -0.25) is 0 Å². The van der Waals surface area contributed by atoms with Gasteiger partial charge in [0.25, 0.3) is 0 Å². The first kappa shape index (κ1) is 11.8. The van der Waals surface area contributed by atoms with E-state index in [2.05, 4.69) is 17.1 Å². The molecule has 0 radical (unpaired) electrons. The average molecular weight is 271 g/mol. The first-order valence-corrected chi connectivity index (χ1v) is 7.11. The highest BCUT2D eigenvalue weighted by molar-refractivity contribution is 7.97. The molecule has 2 N–H and O–H groups in total. The van der Waals surface area contributed by atoms with Gasteiger partial charge in [0.1, 0.15) is 0 Å². The van der Waals surface area contributed by atoms with Gasteiger partial charge in [-0.1, -0.05) is 23.7 Å². The molecular formula is C11H11ClN2S2. The lowest BCUT2D eigenvalue weighted by Crippen LogP contribution is -1.80. The van der Waals surface area contributed by atoms with Gasteiger partial charge in [-0.2, -0.15) is 11.8 Å². The molecule has 0 fully saturated rings. The lowest BCUT2D eigenvalue weighted by molar-refractivity contribution is 1.36. The van der Waals surface area contributed by atoms with Crippen molar-refractivity contribution >= 4 is 39.8 Å². The molecule has 84 valence electrons. The van der Waals surface area contributed by atoms with Crippen molar-refractivity contribution in [3.05, 3.63) is 45.9 Å². The predicted octanol–water partition coefficient (Wildman–Crippen LogP) is 3.81. The SMILES string of the molecule is Nc1ncc(CSCc2ccc(Cl)cc2)s1. The molecule has 0 aliphatic rings. The van der Waals surface area contributed by atoms with E-state index in [-0.39, 0.29) is 0 Å². The van der Waals surface area contributed by atoms with Gasteiger partial charge in [-0.05, 0) is 17.7 Å². The zero-order valence-electron chi connectivity index (χ0n) is 8.52. The van der Waals surface area contributed by atoms with Crippen LogP contribution in [0, 0.1) is 0 Å². The number of benzene rings is 1. The highest BCUT2D eigenvalue weighted by Gasteiger charge is 1.99. The van der Waals surface area contributed by atoms with Crippen LogP contribution in [0.2, 0.25) is 5.02 Å². The average Bonchev–Trinajstić information content (AvgIpc) is 2.67. The number of thioether (sulfide) groups is 1. The molecule has 0 bridgehead atoms. The second-order valence-electron chi connectivity index (χ2n) is 3.28. The Morgan fingerprint density at radius 3 is 2.62 bits per heavy atom. The smallest absolute Gasteiger partial charge is 0.180 e. The van der Waals surface area contributed by atoms with E-state index < -0.39 is 0 Å². The molecule has 16 heavy (non-hydrogen) atoms. The van der Waals surface area contributed by atoms with Crippen LogP contribution in [0.4, 0.5) is 5.13 Å². The number of rotatable bonds is 4. The maximum atomic E-state index is 5.82. The Kier molecular flexibility index (Phi) is 4.09. The quantitative estimate of drug-likeness (QED) is 0.918. The molecular weight excluding hydrogens is 260 g/mol. The molecule has 1 heterocycles. The summed E-state index contributed by atoms with van der Waals surface area (Å²) in [5.74, 6) is 1.94. The Morgan fingerprint density at radius 1 is 1.25 bits per heavy atom. The summed E-state index contributed by atoms with van der Waals surface area (Å²) in [6, 6.07) is 7.94. The Balaban J connectivity index is 1.82. The van der Waals surface area contributed by atoms with E-state index in [0.717, 1.165) is 16.5 Å². The van der Waals surface area contributed by atoms with E-state index in [1.807, 2.05) is 30.1 Å². The van der Waals surface area contributed by atoms with E-state index in [9.17, 15) is 0 Å². The molecule has 0 saturated carbocycles. The number of nitrogen functional groups attached to an aromatic ring is 1. The largest absolute Gasteiger partial charge is 0.375 e. The molecule has 1 aromatic carbocycles. The van der Waals surface area contributed by atoms with Gasteiger partial charge < -0.3 is 5.73 Å². The number of hydrogen-bond acceptors (Lipinski definition) is 4. The van der Waals surface area contributed by atoms with Gasteiger partial charge in [0.15, 0.2) is 5.13 Å². The first-order chi connectivity index (χ1) is 7.74. The molecule has 5 heteroatoms. The second kappa shape index (κ2) is 5.57. The van der Waals surface area contributed by atoms with Crippen molar-refractivity contribution in [2.24, 2.45) is 0 Å². The molecule has 1 aromatic heterocycles. The lowest BCUT2D eigenvalue weighted by Gasteiger charge is -2.00. The highest BCUT2D eigenvalue weighted by Crippen LogP contribution is 2.23.